The number of halogens is 2. The first kappa shape index (κ1) is 14.4. The minimum absolute atomic E-state index is 0.315. The molecule has 0 aliphatic rings. The van der Waals surface area contributed by atoms with E-state index in [9.17, 15) is 4.39 Å². The van der Waals surface area contributed by atoms with Gasteiger partial charge in [-0.3, -0.25) is 0 Å². The van der Waals surface area contributed by atoms with Gasteiger partial charge in [-0.25, -0.2) is 4.39 Å². The molecule has 0 saturated heterocycles. The topological polar surface area (TPSA) is 21.3 Å². The Balaban J connectivity index is 1.96. The number of hydrogen-bond donors (Lipinski definition) is 1. The number of ether oxygens (including phenoxy) is 1. The van der Waals surface area contributed by atoms with Crippen LogP contribution in [0.15, 0.2) is 55.1 Å². The van der Waals surface area contributed by atoms with Gasteiger partial charge in [0, 0.05) is 6.54 Å². The highest BCUT2D eigenvalue weighted by molar-refractivity contribution is 6.33. The Morgan fingerprint density at radius 3 is 2.65 bits per heavy atom. The highest BCUT2D eigenvalue weighted by Crippen LogP contribution is 2.23. The smallest absolute Gasteiger partial charge is 0.125 e. The van der Waals surface area contributed by atoms with Crippen molar-refractivity contribution in [3.05, 3.63) is 71.5 Å². The second kappa shape index (κ2) is 6.96. The summed E-state index contributed by atoms with van der Waals surface area (Å²) in [5.41, 5.74) is 1.63. The Morgan fingerprint density at radius 2 is 1.95 bits per heavy atom. The van der Waals surface area contributed by atoms with Crippen LogP contribution in [0.25, 0.3) is 0 Å². The molecule has 0 radical (unpaired) electrons. The fourth-order valence-electron chi connectivity index (χ4n) is 1.69. The molecule has 0 saturated carbocycles. The van der Waals surface area contributed by atoms with Crippen molar-refractivity contribution < 1.29 is 9.13 Å². The van der Waals surface area contributed by atoms with Gasteiger partial charge < -0.3 is 10.1 Å². The quantitative estimate of drug-likeness (QED) is 0.782. The molecule has 0 aromatic heterocycles. The van der Waals surface area contributed by atoms with E-state index in [1.807, 2.05) is 24.3 Å². The van der Waals surface area contributed by atoms with E-state index >= 15 is 0 Å². The highest BCUT2D eigenvalue weighted by Gasteiger charge is 2.02. The van der Waals surface area contributed by atoms with Crippen LogP contribution < -0.4 is 10.1 Å². The summed E-state index contributed by atoms with van der Waals surface area (Å²) in [6.07, 6.45) is 1.70. The summed E-state index contributed by atoms with van der Waals surface area (Å²) < 4.78 is 18.5. The summed E-state index contributed by atoms with van der Waals surface area (Å²) >= 11 is 5.99. The lowest BCUT2D eigenvalue weighted by Gasteiger charge is -2.09. The van der Waals surface area contributed by atoms with Crippen LogP contribution in [-0.4, -0.2) is 6.61 Å². The maximum Gasteiger partial charge on any atom is 0.125 e. The Kier molecular flexibility index (Phi) is 5.02. The lowest BCUT2D eigenvalue weighted by molar-refractivity contribution is 0.363. The number of benzene rings is 2. The van der Waals surface area contributed by atoms with Crippen LogP contribution in [0.1, 0.15) is 5.56 Å². The fraction of sp³-hybridized carbons (Fsp3) is 0.125. The Hall–Kier alpha value is -2.00. The second-order valence-electron chi connectivity index (χ2n) is 4.22. The number of nitrogens with one attached hydrogen (secondary N) is 1. The van der Waals surface area contributed by atoms with Gasteiger partial charge in [-0.2, -0.15) is 0 Å². The zero-order valence-electron chi connectivity index (χ0n) is 10.9. The van der Waals surface area contributed by atoms with Crippen molar-refractivity contribution in [1.29, 1.82) is 0 Å². The molecule has 1 N–H and O–H groups in total. The van der Waals surface area contributed by atoms with Crippen molar-refractivity contribution in [2.45, 2.75) is 6.54 Å². The van der Waals surface area contributed by atoms with Gasteiger partial charge in [0.25, 0.3) is 0 Å². The lowest BCUT2D eigenvalue weighted by atomic mass is 10.2. The Morgan fingerprint density at radius 1 is 1.20 bits per heavy atom. The van der Waals surface area contributed by atoms with Gasteiger partial charge in [0.05, 0.1) is 10.7 Å². The molecule has 0 bridgehead atoms. The van der Waals surface area contributed by atoms with Gasteiger partial charge in [-0.15, -0.1) is 0 Å². The molecule has 2 nitrogen and oxygen atoms in total. The summed E-state index contributed by atoms with van der Waals surface area (Å²) in [6, 6.07) is 11.9. The summed E-state index contributed by atoms with van der Waals surface area (Å²) in [5.74, 6) is 0.475. The van der Waals surface area contributed by atoms with E-state index in [4.69, 9.17) is 16.3 Å². The van der Waals surface area contributed by atoms with Crippen LogP contribution in [0.3, 0.4) is 0 Å². The van der Waals surface area contributed by atoms with E-state index in [1.54, 1.807) is 6.08 Å². The number of anilines is 1. The molecule has 0 amide bonds. The average molecular weight is 292 g/mol. The van der Waals surface area contributed by atoms with Gasteiger partial charge in [-0.05, 0) is 35.9 Å². The molecule has 0 heterocycles. The standard InChI is InChI=1S/C16H15ClFNO/c1-2-9-20-14-6-3-12(4-7-14)11-19-16-10-13(18)5-8-15(16)17/h2-8,10,19H,1,9,11H2. The highest BCUT2D eigenvalue weighted by atomic mass is 35.5. The molecule has 0 aliphatic carbocycles. The fourth-order valence-corrected chi connectivity index (χ4v) is 1.87. The Labute approximate surface area is 122 Å². The van der Waals surface area contributed by atoms with Crippen LogP contribution >= 0.6 is 11.6 Å². The van der Waals surface area contributed by atoms with Crippen LogP contribution in [0.5, 0.6) is 5.75 Å². The van der Waals surface area contributed by atoms with Gasteiger partial charge in [-0.1, -0.05) is 36.4 Å². The molecule has 20 heavy (non-hydrogen) atoms. The first-order chi connectivity index (χ1) is 9.69. The van der Waals surface area contributed by atoms with E-state index < -0.39 is 0 Å². The van der Waals surface area contributed by atoms with Crippen LogP contribution in [0, 0.1) is 5.82 Å². The van der Waals surface area contributed by atoms with E-state index in [-0.39, 0.29) is 5.82 Å². The first-order valence-corrected chi connectivity index (χ1v) is 6.58. The summed E-state index contributed by atoms with van der Waals surface area (Å²) in [4.78, 5) is 0. The molecule has 2 rings (SSSR count). The zero-order valence-corrected chi connectivity index (χ0v) is 11.7. The predicted octanol–water partition coefficient (Wildman–Crippen LogP) is 4.66. The third-order valence-corrected chi connectivity index (χ3v) is 3.03. The Bertz CT molecular complexity index is 584. The summed E-state index contributed by atoms with van der Waals surface area (Å²) in [6.45, 7) is 4.64. The van der Waals surface area contributed by atoms with Crippen LogP contribution in [-0.2, 0) is 6.54 Å². The molecule has 0 atom stereocenters. The van der Waals surface area contributed by atoms with E-state index in [0.717, 1.165) is 11.3 Å². The molecular formula is C16H15ClFNO. The largest absolute Gasteiger partial charge is 0.490 e. The molecule has 0 fully saturated rings. The zero-order chi connectivity index (χ0) is 14.4. The predicted molar refractivity (Wildman–Crippen MR) is 80.9 cm³/mol. The van der Waals surface area contributed by atoms with Crippen molar-refractivity contribution in [1.82, 2.24) is 0 Å². The van der Waals surface area contributed by atoms with E-state index in [0.29, 0.717) is 23.9 Å². The maximum atomic E-state index is 13.1. The molecule has 0 aliphatic heterocycles. The van der Waals surface area contributed by atoms with Crippen LogP contribution in [0.2, 0.25) is 5.02 Å². The van der Waals surface area contributed by atoms with Crippen LogP contribution in [0.4, 0.5) is 10.1 Å². The van der Waals surface area contributed by atoms with Crippen molar-refractivity contribution in [3.8, 4) is 5.75 Å². The molecule has 2 aromatic carbocycles. The SMILES string of the molecule is C=CCOc1ccc(CNc2cc(F)ccc2Cl)cc1. The van der Waals surface area contributed by atoms with Crippen molar-refractivity contribution in [3.63, 3.8) is 0 Å². The third-order valence-electron chi connectivity index (χ3n) is 2.70. The third kappa shape index (κ3) is 4.00. The van der Waals surface area contributed by atoms with Crippen molar-refractivity contribution in [2.75, 3.05) is 11.9 Å². The molecule has 4 heteroatoms. The van der Waals surface area contributed by atoms with Gasteiger partial charge in [0.1, 0.15) is 18.2 Å². The first-order valence-electron chi connectivity index (χ1n) is 6.20. The lowest BCUT2D eigenvalue weighted by Crippen LogP contribution is -2.00. The van der Waals surface area contributed by atoms with E-state index in [2.05, 4.69) is 11.9 Å². The molecule has 0 spiro atoms. The molecule has 2 aromatic rings. The van der Waals surface area contributed by atoms with Gasteiger partial charge in [0.15, 0.2) is 0 Å². The number of hydrogen-bond acceptors (Lipinski definition) is 2. The average Bonchev–Trinajstić information content (AvgIpc) is 2.47. The molecule has 0 unspecified atom stereocenters. The summed E-state index contributed by atoms with van der Waals surface area (Å²) in [5, 5.41) is 3.60. The summed E-state index contributed by atoms with van der Waals surface area (Å²) in [7, 11) is 0. The normalized spacial score (nSPS) is 10.1. The molecule has 104 valence electrons. The maximum absolute atomic E-state index is 13.1. The van der Waals surface area contributed by atoms with E-state index in [1.165, 1.54) is 18.2 Å². The molecular weight excluding hydrogens is 277 g/mol. The monoisotopic (exact) mass is 291 g/mol. The van der Waals surface area contributed by atoms with Crippen molar-refractivity contribution >= 4 is 17.3 Å². The van der Waals surface area contributed by atoms with Gasteiger partial charge >= 0.3 is 0 Å². The minimum Gasteiger partial charge on any atom is -0.490 e. The van der Waals surface area contributed by atoms with Gasteiger partial charge in [0.2, 0.25) is 0 Å². The second-order valence-corrected chi connectivity index (χ2v) is 4.63. The number of rotatable bonds is 6. The van der Waals surface area contributed by atoms with Crippen molar-refractivity contribution in [2.24, 2.45) is 0 Å². The minimum atomic E-state index is -0.315.